The molecule has 2 aliphatic heterocycles. The van der Waals surface area contributed by atoms with Gasteiger partial charge in [0.05, 0.1) is 0 Å². The van der Waals surface area contributed by atoms with Crippen LogP contribution >= 0.6 is 11.9 Å². The first-order valence-corrected chi connectivity index (χ1v) is 8.89. The number of likely N-dealkylation sites (tertiary alicyclic amines) is 1. The van der Waals surface area contributed by atoms with Crippen molar-refractivity contribution in [1.82, 2.24) is 15.1 Å². The first kappa shape index (κ1) is 15.9. The zero-order valence-corrected chi connectivity index (χ0v) is 14.2. The fourth-order valence-electron chi connectivity index (χ4n) is 2.75. The second kappa shape index (κ2) is 7.10. The Morgan fingerprint density at radius 2 is 2.08 bits per heavy atom. The van der Waals surface area contributed by atoms with Gasteiger partial charge in [0.2, 0.25) is 0 Å². The Labute approximate surface area is 148 Å². The molecule has 0 atom stereocenters. The minimum absolute atomic E-state index is 0.131. The van der Waals surface area contributed by atoms with Crippen molar-refractivity contribution in [2.45, 2.75) is 24.2 Å². The summed E-state index contributed by atoms with van der Waals surface area (Å²) >= 11 is 1.41. The van der Waals surface area contributed by atoms with E-state index in [1.807, 2.05) is 30.4 Å². The number of benzene rings is 1. The van der Waals surface area contributed by atoms with Gasteiger partial charge in [0, 0.05) is 41.7 Å². The molecule has 0 spiro atoms. The lowest BCUT2D eigenvalue weighted by Gasteiger charge is -2.24. The maximum absolute atomic E-state index is 12.1. The van der Waals surface area contributed by atoms with E-state index in [2.05, 4.69) is 14.6 Å². The molecule has 0 aliphatic carbocycles. The number of fused-ring (bicyclic) bond motifs is 1. The fourth-order valence-corrected chi connectivity index (χ4v) is 3.35. The molecule has 1 saturated heterocycles. The van der Waals surface area contributed by atoms with Gasteiger partial charge in [0.15, 0.2) is 0 Å². The van der Waals surface area contributed by atoms with Gasteiger partial charge in [-0.15, -0.1) is 5.10 Å². The van der Waals surface area contributed by atoms with Crippen LogP contribution in [-0.2, 0) is 0 Å². The molecular formula is C17H16N4O3S. The maximum atomic E-state index is 12.1. The van der Waals surface area contributed by atoms with Gasteiger partial charge in [0.1, 0.15) is 0 Å². The van der Waals surface area contributed by atoms with Crippen LogP contribution in [0.5, 0.6) is 6.08 Å². The van der Waals surface area contributed by atoms with E-state index in [4.69, 9.17) is 9.15 Å². The highest BCUT2D eigenvalue weighted by atomic mass is 32.2. The quantitative estimate of drug-likeness (QED) is 0.761. The second-order valence-corrected chi connectivity index (χ2v) is 6.58. The molecule has 1 fully saturated rings. The van der Waals surface area contributed by atoms with Crippen molar-refractivity contribution in [3.63, 3.8) is 0 Å². The normalized spacial score (nSPS) is 16.4. The molecule has 1 aromatic carbocycles. The van der Waals surface area contributed by atoms with E-state index in [1.54, 1.807) is 11.1 Å². The fraction of sp³-hybridized carbons (Fsp3) is 0.294. The molecule has 2 aromatic rings. The largest absolute Gasteiger partial charge is 0.424 e. The van der Waals surface area contributed by atoms with E-state index in [0.29, 0.717) is 19.0 Å². The summed E-state index contributed by atoms with van der Waals surface area (Å²) in [5, 5.41) is 7.81. The van der Waals surface area contributed by atoms with Crippen LogP contribution in [0.2, 0.25) is 0 Å². The number of aromatic nitrogens is 2. The number of ether oxygens (including phenoxy) is 1. The van der Waals surface area contributed by atoms with Gasteiger partial charge in [0.25, 0.3) is 5.89 Å². The Hall–Kier alpha value is -2.61. The van der Waals surface area contributed by atoms with Crippen molar-refractivity contribution in [2.75, 3.05) is 13.1 Å². The van der Waals surface area contributed by atoms with E-state index in [9.17, 15) is 4.79 Å². The lowest BCUT2D eigenvalue weighted by Crippen LogP contribution is -2.37. The van der Waals surface area contributed by atoms with Crippen molar-refractivity contribution in [2.24, 2.45) is 4.40 Å². The lowest BCUT2D eigenvalue weighted by atomic mass is 10.1. The summed E-state index contributed by atoms with van der Waals surface area (Å²) in [4.78, 5) is 14.8. The van der Waals surface area contributed by atoms with Crippen LogP contribution in [0.1, 0.15) is 24.8 Å². The average molecular weight is 356 g/mol. The number of piperidine rings is 1. The summed E-state index contributed by atoms with van der Waals surface area (Å²) in [6.45, 7) is 1.41. The molecule has 4 rings (SSSR count). The number of amides is 1. The molecule has 7 nitrogen and oxygen atoms in total. The molecule has 0 bridgehead atoms. The Morgan fingerprint density at radius 3 is 2.96 bits per heavy atom. The Bertz CT molecular complexity index is 840. The van der Waals surface area contributed by atoms with Crippen LogP contribution in [0.4, 0.5) is 4.79 Å². The molecule has 0 unspecified atom stereocenters. The van der Waals surface area contributed by atoms with Gasteiger partial charge >= 0.3 is 12.2 Å². The summed E-state index contributed by atoms with van der Waals surface area (Å²) in [7, 11) is 0. The summed E-state index contributed by atoms with van der Waals surface area (Å²) in [5.41, 5.74) is 1.78. The smallest absolute Gasteiger partial charge is 0.388 e. The number of hydrogen-bond acceptors (Lipinski definition) is 7. The number of carbonyl (C=O) groups is 1. The van der Waals surface area contributed by atoms with Crippen molar-refractivity contribution < 1.29 is 13.9 Å². The highest BCUT2D eigenvalue weighted by Gasteiger charge is 2.21. The van der Waals surface area contributed by atoms with Gasteiger partial charge in [-0.3, -0.25) is 0 Å². The van der Waals surface area contributed by atoms with Gasteiger partial charge in [-0.05, 0) is 49.1 Å². The van der Waals surface area contributed by atoms with Crippen molar-refractivity contribution >= 4 is 30.3 Å². The third kappa shape index (κ3) is 3.58. The van der Waals surface area contributed by atoms with Gasteiger partial charge in [-0.2, -0.15) is 0 Å². The highest BCUT2D eigenvalue weighted by molar-refractivity contribution is 7.98. The van der Waals surface area contributed by atoms with Gasteiger partial charge in [-0.25, -0.2) is 9.19 Å². The summed E-state index contributed by atoms with van der Waals surface area (Å²) in [5.74, 6) is 0.313. The summed E-state index contributed by atoms with van der Waals surface area (Å²) < 4.78 is 14.9. The number of rotatable bonds is 2. The van der Waals surface area contributed by atoms with Crippen molar-refractivity contribution in [1.29, 1.82) is 0 Å². The molecule has 0 N–H and O–H groups in total. The van der Waals surface area contributed by atoms with Crippen molar-refractivity contribution in [3.05, 3.63) is 29.8 Å². The highest BCUT2D eigenvalue weighted by Crippen LogP contribution is 2.31. The first-order valence-electron chi connectivity index (χ1n) is 8.11. The molecule has 8 heteroatoms. The molecule has 25 heavy (non-hydrogen) atoms. The third-order valence-corrected chi connectivity index (χ3v) is 4.82. The van der Waals surface area contributed by atoms with Gasteiger partial charge < -0.3 is 14.1 Å². The number of carbonyl (C=O) groups excluding carboxylic acids is 1. The minimum Gasteiger partial charge on any atom is -0.388 e. The zero-order chi connectivity index (χ0) is 17.1. The SMILES string of the molecule is O=C(Oc1nnc(-c2ccc3c(c2)C=CC=NS3)o1)N1CCCCC1. The van der Waals surface area contributed by atoms with E-state index in [-0.39, 0.29) is 6.08 Å². The predicted octanol–water partition coefficient (Wildman–Crippen LogP) is 3.83. The minimum atomic E-state index is -0.437. The van der Waals surface area contributed by atoms with Crippen LogP contribution < -0.4 is 4.74 Å². The van der Waals surface area contributed by atoms with Gasteiger partial charge in [-0.1, -0.05) is 11.2 Å². The number of nitrogens with zero attached hydrogens (tertiary/aromatic N) is 4. The number of allylic oxidation sites excluding steroid dienone is 1. The summed E-state index contributed by atoms with van der Waals surface area (Å²) in [6, 6.07) is 5.77. The second-order valence-electron chi connectivity index (χ2n) is 5.75. The molecule has 0 saturated carbocycles. The van der Waals surface area contributed by atoms with Crippen LogP contribution in [0.15, 0.2) is 38.0 Å². The van der Waals surface area contributed by atoms with Crippen LogP contribution in [-0.4, -0.2) is 40.5 Å². The molecule has 2 aliphatic rings. The molecular weight excluding hydrogens is 340 g/mol. The maximum Gasteiger partial charge on any atom is 0.424 e. The lowest BCUT2D eigenvalue weighted by molar-refractivity contribution is 0.130. The zero-order valence-electron chi connectivity index (χ0n) is 13.4. The van der Waals surface area contributed by atoms with Crippen LogP contribution in [0.25, 0.3) is 17.5 Å². The first-order chi connectivity index (χ1) is 12.3. The Morgan fingerprint density at radius 1 is 1.20 bits per heavy atom. The standard InChI is InChI=1S/C17H16N4O3S/c22-17(21-9-2-1-3-10-21)24-16-20-19-15(23-16)13-6-7-14-12(11-13)5-4-8-18-25-14/h4-8,11H,1-3,9-10H2. The van der Waals surface area contributed by atoms with Crippen LogP contribution in [0.3, 0.4) is 0 Å². The Kier molecular flexibility index (Phi) is 4.51. The predicted molar refractivity (Wildman–Crippen MR) is 94.6 cm³/mol. The average Bonchev–Trinajstić information content (AvgIpc) is 2.98. The topological polar surface area (TPSA) is 80.8 Å². The Balaban J connectivity index is 1.49. The molecule has 3 heterocycles. The van der Waals surface area contributed by atoms with E-state index >= 15 is 0 Å². The molecule has 1 aromatic heterocycles. The third-order valence-electron chi connectivity index (χ3n) is 4.03. The molecule has 128 valence electrons. The molecule has 0 radical (unpaired) electrons. The van der Waals surface area contributed by atoms with Crippen molar-refractivity contribution in [3.8, 4) is 17.5 Å². The van der Waals surface area contributed by atoms with E-state index in [1.165, 1.54) is 11.9 Å². The summed E-state index contributed by atoms with van der Waals surface area (Å²) in [6.07, 6.45) is 8.16. The molecule has 1 amide bonds. The van der Waals surface area contributed by atoms with Crippen LogP contribution in [0, 0.1) is 0 Å². The number of hydrogen-bond donors (Lipinski definition) is 0. The van der Waals surface area contributed by atoms with E-state index in [0.717, 1.165) is 35.3 Å². The monoisotopic (exact) mass is 356 g/mol. The van der Waals surface area contributed by atoms with E-state index < -0.39 is 6.09 Å².